The number of rotatable bonds is 27. The Labute approximate surface area is 577 Å². The molecular weight excluding hydrogens is 1280 g/mol. The van der Waals surface area contributed by atoms with E-state index in [-0.39, 0.29) is 113 Å². The van der Waals surface area contributed by atoms with Crippen molar-refractivity contribution in [3.63, 3.8) is 0 Å². The molecule has 0 radical (unpaired) electrons. The number of fused-ring (bicyclic) bond motifs is 2. The van der Waals surface area contributed by atoms with Crippen LogP contribution in [-0.4, -0.2) is 71.8 Å². The van der Waals surface area contributed by atoms with Crippen LogP contribution < -0.4 is 136 Å². The normalized spacial score (nSPS) is 11.2. The van der Waals surface area contributed by atoms with Gasteiger partial charge in [-0.15, -0.1) is 11.6 Å². The minimum Gasteiger partial charge on any atom is -1.00 e. The molecule has 20 heteroatoms. The molecule has 0 saturated carbocycles. The van der Waals surface area contributed by atoms with Crippen molar-refractivity contribution in [2.24, 2.45) is 24.3 Å². The van der Waals surface area contributed by atoms with E-state index < -0.39 is 16.1 Å². The molecule has 0 bridgehead atoms. The second kappa shape index (κ2) is 40.5. The Bertz CT molecular complexity index is 3010. The number of halogens is 5. The second-order valence-electron chi connectivity index (χ2n) is 22.9. The van der Waals surface area contributed by atoms with Gasteiger partial charge in [0.05, 0.1) is 58.0 Å². The number of hydrazone groups is 2. The van der Waals surface area contributed by atoms with Gasteiger partial charge in [0.2, 0.25) is 6.33 Å². The molecule has 4 heterocycles. The molecule has 12 nitrogen and oxygen atoms in total. The van der Waals surface area contributed by atoms with Crippen LogP contribution in [0, 0.1) is 0 Å². The van der Waals surface area contributed by atoms with Gasteiger partial charge >= 0.3 is 63.0 Å². The number of hydrogen-bond donors (Lipinski definition) is 0. The van der Waals surface area contributed by atoms with E-state index in [9.17, 15) is 0 Å². The maximum atomic E-state index is 5.53. The van der Waals surface area contributed by atoms with Crippen molar-refractivity contribution < 1.29 is 126 Å². The number of aryl methyl sites for hydroxylation is 7. The van der Waals surface area contributed by atoms with E-state index >= 15 is 0 Å². The van der Waals surface area contributed by atoms with Crippen LogP contribution in [0.3, 0.4) is 0 Å². The predicted octanol–water partition coefficient (Wildman–Crippen LogP) is -1.62. The molecule has 82 heavy (non-hydrogen) atoms. The first kappa shape index (κ1) is 77.2. The first-order valence-corrected chi connectivity index (χ1v) is 36.2. The van der Waals surface area contributed by atoms with Crippen LogP contribution in [-0.2, 0) is 46.8 Å². The van der Waals surface area contributed by atoms with Gasteiger partial charge in [0.1, 0.15) is 24.8 Å². The van der Waals surface area contributed by atoms with Gasteiger partial charge in [-0.25, -0.2) is 32.4 Å². The second-order valence-corrected chi connectivity index (χ2v) is 34.5. The van der Waals surface area contributed by atoms with Crippen LogP contribution in [0.25, 0.3) is 22.1 Å². The number of hydrogen-bond acceptors (Lipinski definition) is 5. The fourth-order valence-corrected chi connectivity index (χ4v) is 12.4. The van der Waals surface area contributed by atoms with Gasteiger partial charge in [0, 0.05) is 55.1 Å². The third-order valence-corrected chi connectivity index (χ3v) is 18.0. The van der Waals surface area contributed by atoms with Gasteiger partial charge < -0.3 is 65.8 Å². The minimum atomic E-state index is -0.937. The summed E-state index contributed by atoms with van der Waals surface area (Å²) in [6, 6.07) is 40.5. The van der Waals surface area contributed by atoms with Gasteiger partial charge in [-0.2, -0.15) is 10.2 Å². The summed E-state index contributed by atoms with van der Waals surface area (Å²) in [6.07, 6.45) is 28.6. The van der Waals surface area contributed by atoms with Crippen LogP contribution >= 0.6 is 11.6 Å². The van der Waals surface area contributed by atoms with E-state index in [0.717, 1.165) is 74.5 Å². The molecule has 0 fully saturated rings. The third kappa shape index (κ3) is 26.0. The average Bonchev–Trinajstić information content (AvgIpc) is 4.40. The quantitative estimate of drug-likeness (QED) is 0.0119. The molecule has 0 atom stereocenters. The van der Waals surface area contributed by atoms with Crippen LogP contribution in [0.1, 0.15) is 75.9 Å². The standard InChI is InChI=1S/C31H46N6Si.C25H31N6.C6H15ClSi.3ClH.HI.K/c1-33-29-18-11-12-19-30(29)37(31(33)26-32-34(2)28-16-9-8-10-17-28)22-14-7-6-13-20-35-23-24-36(27-35)21-15-25-38(3,4)5;1-28-23-14-8-9-15-24(23)31(18-11-4-3-10-17-30-19-16-26-21-30)25(28)20-27-29(2)22-12-6-5-7-13-22;1-8(2,3)6-4-5-7;;;;;/h8-12,16-19,23-24,26-27H,6-7,13-15,20-22,25H2,1-5H3;5-9,12-16,19-21H,3-4,10-11,17-18H2,1-2H3;4-6H2,1-3H3;4*1H;/q+2;+1;;;;;;+1/p-4. The maximum Gasteiger partial charge on any atom is 1.00 e. The molecule has 0 aliphatic carbocycles. The monoisotopic (exact) mass is 1370 g/mol. The van der Waals surface area contributed by atoms with E-state index in [1.807, 2.05) is 91.7 Å². The molecule has 444 valence electrons. The van der Waals surface area contributed by atoms with Gasteiger partial charge in [-0.3, -0.25) is 10.0 Å². The third-order valence-electron chi connectivity index (χ3n) is 14.1. The van der Waals surface area contributed by atoms with Gasteiger partial charge in [-0.05, 0) is 106 Å². The maximum absolute atomic E-state index is 5.53. The van der Waals surface area contributed by atoms with Gasteiger partial charge in [-0.1, -0.05) is 118 Å². The molecule has 4 aromatic heterocycles. The number of benzene rings is 4. The number of alkyl halides is 1. The topological polar surface area (TPSA) is 75.4 Å². The largest absolute Gasteiger partial charge is 1.00 e. The zero-order chi connectivity index (χ0) is 55.0. The fourth-order valence-electron chi connectivity index (χ4n) is 9.63. The first-order chi connectivity index (χ1) is 37.1. The van der Waals surface area contributed by atoms with Gasteiger partial charge in [0.25, 0.3) is 0 Å². The Balaban J connectivity index is 0.000000694. The molecular formula is C62H92Cl4IKN12Si2. The number of unbranched alkanes of at least 4 members (excludes halogenated alkanes) is 6. The van der Waals surface area contributed by atoms with Crippen molar-refractivity contribution >= 4 is 73.6 Å². The summed E-state index contributed by atoms with van der Waals surface area (Å²) in [5.41, 5.74) is 7.14. The summed E-state index contributed by atoms with van der Waals surface area (Å²) in [6.45, 7) is 19.8. The van der Waals surface area contributed by atoms with Crippen molar-refractivity contribution in [1.82, 2.24) is 23.3 Å². The van der Waals surface area contributed by atoms with Crippen LogP contribution in [0.15, 0.2) is 157 Å². The van der Waals surface area contributed by atoms with E-state index in [1.54, 1.807) is 0 Å². The Kier molecular flexibility index (Phi) is 38.1. The molecule has 0 aliphatic rings. The van der Waals surface area contributed by atoms with Crippen molar-refractivity contribution in [3.8, 4) is 0 Å². The van der Waals surface area contributed by atoms with Crippen molar-refractivity contribution in [3.05, 3.63) is 158 Å². The molecule has 0 spiro atoms. The van der Waals surface area contributed by atoms with E-state index in [4.69, 9.17) is 21.8 Å². The van der Waals surface area contributed by atoms with Crippen molar-refractivity contribution in [2.45, 2.75) is 148 Å². The Hall–Kier alpha value is -2.86. The molecule has 8 rings (SSSR count). The van der Waals surface area contributed by atoms with Crippen molar-refractivity contribution in [1.29, 1.82) is 0 Å². The number of aromatic nitrogens is 8. The number of imidazole rings is 4. The summed E-state index contributed by atoms with van der Waals surface area (Å²) >= 11 is 5.53. The van der Waals surface area contributed by atoms with Crippen molar-refractivity contribution in [2.75, 3.05) is 30.0 Å². The first-order valence-electron chi connectivity index (χ1n) is 28.3. The number of anilines is 2. The van der Waals surface area contributed by atoms with Crippen LogP contribution in [0.2, 0.25) is 51.4 Å². The Morgan fingerprint density at radius 1 is 0.537 bits per heavy atom. The van der Waals surface area contributed by atoms with Crippen LogP contribution in [0.5, 0.6) is 0 Å². The molecule has 0 amide bonds. The molecule has 8 aromatic rings. The molecule has 0 N–H and O–H groups in total. The summed E-state index contributed by atoms with van der Waals surface area (Å²) in [5.74, 6) is 3.08. The molecule has 4 aromatic carbocycles. The molecule has 0 unspecified atom stereocenters. The number of nitrogens with zero attached hydrogens (tertiary/aromatic N) is 12. The van der Waals surface area contributed by atoms with E-state index in [0.29, 0.717) is 0 Å². The summed E-state index contributed by atoms with van der Waals surface area (Å²) in [7, 11) is 6.54. The predicted molar refractivity (Wildman–Crippen MR) is 331 cm³/mol. The van der Waals surface area contributed by atoms with E-state index in [1.165, 1.54) is 85.5 Å². The summed E-state index contributed by atoms with van der Waals surface area (Å²) in [4.78, 5) is 4.11. The average molecular weight is 1370 g/mol. The summed E-state index contributed by atoms with van der Waals surface area (Å²) < 4.78 is 16.2. The minimum absolute atomic E-state index is 0. The molecule has 0 saturated heterocycles. The zero-order valence-corrected chi connectivity index (χ0v) is 61.3. The van der Waals surface area contributed by atoms with Crippen LogP contribution in [0.4, 0.5) is 11.4 Å². The molecule has 0 aliphatic heterocycles. The SMILES string of the molecule is CN(/N=C/c1n(CCCCCCn2cc[n+](CCC[Si](C)(C)C)c2)c2ccccc2[n+]1C)c1ccccc1.CN(/N=C/c1n(CCCCCCn2ccnc2)c2ccccc2[n+]1C)c1ccccc1.C[Si](C)(C)CCCCl.[Cl-].[Cl-].[Cl-].[I-].[K+]. The smallest absolute Gasteiger partial charge is 1.00 e. The Morgan fingerprint density at radius 2 is 0.951 bits per heavy atom. The van der Waals surface area contributed by atoms with E-state index in [2.05, 4.69) is 182 Å². The summed E-state index contributed by atoms with van der Waals surface area (Å²) in [5, 5.41) is 13.3. The Morgan fingerprint density at radius 3 is 1.37 bits per heavy atom. The van der Waals surface area contributed by atoms with Gasteiger partial charge in [0.15, 0.2) is 22.1 Å². The zero-order valence-electron chi connectivity index (χ0n) is 51.0. The number of para-hydroxylation sites is 6. The fraction of sp³-hybridized carbons (Fsp3) is 0.452.